The second kappa shape index (κ2) is 14.1. The van der Waals surface area contributed by atoms with Gasteiger partial charge < -0.3 is 30.7 Å². The van der Waals surface area contributed by atoms with Crippen molar-refractivity contribution >= 4 is 40.0 Å². The number of aliphatic hydroxyl groups is 3. The first-order chi connectivity index (χ1) is 18.8. The molecule has 4 rings (SSSR count). The molecule has 8 atom stereocenters. The SMILES string of the molecule is CSC1O[C@H]([C@H](NC(=O)[C@@H]2CC=C(/C=C/CCc3ccc4ccccc4c3)CCN2)[C@H](C)Cl)C(O)C(O)[C@H]1O. The van der Waals surface area contributed by atoms with Crippen LogP contribution >= 0.6 is 23.4 Å². The van der Waals surface area contributed by atoms with Crippen LogP contribution in [0.15, 0.2) is 66.3 Å². The van der Waals surface area contributed by atoms with Crippen molar-refractivity contribution in [2.75, 3.05) is 12.8 Å². The third kappa shape index (κ3) is 7.64. The van der Waals surface area contributed by atoms with Gasteiger partial charge >= 0.3 is 0 Å². The number of hydrogen-bond acceptors (Lipinski definition) is 7. The maximum Gasteiger partial charge on any atom is 0.237 e. The third-order valence-electron chi connectivity index (χ3n) is 7.48. The molecule has 212 valence electrons. The lowest BCUT2D eigenvalue weighted by Crippen LogP contribution is -2.65. The maximum absolute atomic E-state index is 13.2. The van der Waals surface area contributed by atoms with Crippen LogP contribution in [0.25, 0.3) is 10.8 Å². The van der Waals surface area contributed by atoms with E-state index in [2.05, 4.69) is 71.3 Å². The van der Waals surface area contributed by atoms with Crippen LogP contribution < -0.4 is 10.6 Å². The number of nitrogens with one attached hydrogen (secondary N) is 2. The number of ether oxygens (including phenoxy) is 1. The minimum atomic E-state index is -1.40. The molecule has 7 nitrogen and oxygen atoms in total. The average Bonchev–Trinajstić information content (AvgIpc) is 3.19. The van der Waals surface area contributed by atoms with E-state index in [1.807, 2.05) is 0 Å². The Balaban J connectivity index is 1.32. The molecule has 1 saturated heterocycles. The molecule has 2 aromatic rings. The minimum Gasteiger partial charge on any atom is -0.388 e. The van der Waals surface area contributed by atoms with Gasteiger partial charge in [0.1, 0.15) is 29.9 Å². The van der Waals surface area contributed by atoms with Crippen molar-refractivity contribution in [3.8, 4) is 0 Å². The lowest BCUT2D eigenvalue weighted by Gasteiger charge is -2.44. The summed E-state index contributed by atoms with van der Waals surface area (Å²) in [7, 11) is 0. The zero-order valence-corrected chi connectivity index (χ0v) is 23.9. The fourth-order valence-corrected chi connectivity index (χ4v) is 6.05. The van der Waals surface area contributed by atoms with Gasteiger partial charge in [0.05, 0.1) is 17.5 Å². The molecule has 2 aliphatic heterocycles. The van der Waals surface area contributed by atoms with Gasteiger partial charge in [0.2, 0.25) is 5.91 Å². The highest BCUT2D eigenvalue weighted by atomic mass is 35.5. The number of allylic oxidation sites excluding steroid dienone is 2. The summed E-state index contributed by atoms with van der Waals surface area (Å²) in [5, 5.41) is 39.2. The third-order valence-corrected chi connectivity index (χ3v) is 8.60. The number of benzene rings is 2. The van der Waals surface area contributed by atoms with Gasteiger partial charge in [-0.15, -0.1) is 23.4 Å². The Labute approximate surface area is 239 Å². The number of aliphatic hydroxyl groups excluding tert-OH is 3. The molecule has 0 aromatic heterocycles. The van der Waals surface area contributed by atoms with Crippen LogP contribution in [0.5, 0.6) is 0 Å². The molecule has 39 heavy (non-hydrogen) atoms. The maximum atomic E-state index is 13.2. The molecule has 5 N–H and O–H groups in total. The van der Waals surface area contributed by atoms with Crippen molar-refractivity contribution in [2.45, 2.75) is 79.9 Å². The van der Waals surface area contributed by atoms with Crippen molar-refractivity contribution in [1.29, 1.82) is 0 Å². The van der Waals surface area contributed by atoms with Gasteiger partial charge in [0, 0.05) is 0 Å². The largest absolute Gasteiger partial charge is 0.388 e. The first kappa shape index (κ1) is 30.1. The van der Waals surface area contributed by atoms with E-state index in [1.165, 1.54) is 33.7 Å². The number of aryl methyl sites for hydroxylation is 1. The fourth-order valence-electron chi connectivity index (χ4n) is 5.16. The Morgan fingerprint density at radius 3 is 2.69 bits per heavy atom. The van der Waals surface area contributed by atoms with Crippen LogP contribution in [0.4, 0.5) is 0 Å². The zero-order chi connectivity index (χ0) is 27.9. The van der Waals surface area contributed by atoms with Gasteiger partial charge in [0.25, 0.3) is 0 Å². The van der Waals surface area contributed by atoms with E-state index in [-0.39, 0.29) is 5.91 Å². The molecule has 1 fully saturated rings. The van der Waals surface area contributed by atoms with Crippen molar-refractivity contribution in [2.24, 2.45) is 0 Å². The highest BCUT2D eigenvalue weighted by molar-refractivity contribution is 7.99. The van der Waals surface area contributed by atoms with Crippen LogP contribution in [-0.2, 0) is 16.0 Å². The van der Waals surface area contributed by atoms with Gasteiger partial charge in [-0.3, -0.25) is 4.79 Å². The van der Waals surface area contributed by atoms with E-state index in [4.69, 9.17) is 16.3 Å². The summed E-state index contributed by atoms with van der Waals surface area (Å²) in [4.78, 5) is 13.2. The van der Waals surface area contributed by atoms with Crippen LogP contribution in [0.3, 0.4) is 0 Å². The van der Waals surface area contributed by atoms with E-state index in [9.17, 15) is 20.1 Å². The molecule has 0 saturated carbocycles. The lowest BCUT2D eigenvalue weighted by atomic mass is 9.93. The lowest BCUT2D eigenvalue weighted by molar-refractivity contribution is -0.205. The molecule has 2 heterocycles. The second-order valence-corrected chi connectivity index (χ2v) is 11.9. The number of amides is 1. The van der Waals surface area contributed by atoms with Gasteiger partial charge in [-0.25, -0.2) is 0 Å². The number of fused-ring (bicyclic) bond motifs is 1. The van der Waals surface area contributed by atoms with Crippen LogP contribution in [0.1, 0.15) is 31.7 Å². The topological polar surface area (TPSA) is 111 Å². The van der Waals surface area contributed by atoms with Crippen molar-refractivity contribution in [3.05, 3.63) is 71.8 Å². The summed E-state index contributed by atoms with van der Waals surface area (Å²) in [5.41, 5.74) is 1.76. The molecule has 1 amide bonds. The number of carbonyl (C=O) groups excluding carboxylic acids is 1. The molecule has 0 bridgehead atoms. The highest BCUT2D eigenvalue weighted by Gasteiger charge is 2.48. The quantitative estimate of drug-likeness (QED) is 0.292. The van der Waals surface area contributed by atoms with Gasteiger partial charge in [-0.2, -0.15) is 0 Å². The number of halogens is 1. The zero-order valence-electron chi connectivity index (χ0n) is 22.4. The smallest absolute Gasteiger partial charge is 0.237 e. The predicted molar refractivity (Wildman–Crippen MR) is 158 cm³/mol. The van der Waals surface area contributed by atoms with Crippen LogP contribution in [-0.4, -0.2) is 81.3 Å². The summed E-state index contributed by atoms with van der Waals surface area (Å²) in [6.45, 7) is 2.36. The predicted octanol–water partition coefficient (Wildman–Crippen LogP) is 3.29. The number of alkyl halides is 1. The summed E-state index contributed by atoms with van der Waals surface area (Å²) >= 11 is 7.63. The molecule has 2 aliphatic rings. The Bertz CT molecular complexity index is 1170. The minimum absolute atomic E-state index is 0.248. The molecular weight excluding hydrogens is 536 g/mol. The number of thioether (sulfide) groups is 1. The molecule has 9 heteroatoms. The van der Waals surface area contributed by atoms with Crippen LogP contribution in [0, 0.1) is 0 Å². The van der Waals surface area contributed by atoms with E-state index in [0.717, 1.165) is 19.3 Å². The van der Waals surface area contributed by atoms with Gasteiger partial charge in [-0.05, 0) is 61.7 Å². The molecule has 3 unspecified atom stereocenters. The molecular formula is C30H39ClN2O5S. The standard InChI is InChI=1S/C30H39ClN2O5S/c1-18(31)24(28-26(35)25(34)27(36)30(38-28)39-2)33-29(37)23-14-12-19(15-16-32-23)7-3-4-8-20-11-13-21-9-5-6-10-22(21)17-20/h3,5-7,9-13,17-18,23-28,30,32,34-36H,4,8,14-16H2,1-2H3,(H,33,37)/b7-3+/t18-,23-,24+,25?,26?,27+,28+,30?/m0/s1. The molecule has 2 aromatic carbocycles. The van der Waals surface area contributed by atoms with E-state index in [0.29, 0.717) is 13.0 Å². The monoisotopic (exact) mass is 574 g/mol. The van der Waals surface area contributed by atoms with Gasteiger partial charge in [-0.1, -0.05) is 66.3 Å². The number of rotatable bonds is 9. The second-order valence-electron chi connectivity index (χ2n) is 10.3. The normalized spacial score (nSPS) is 29.5. The molecule has 0 spiro atoms. The van der Waals surface area contributed by atoms with E-state index in [1.54, 1.807) is 13.2 Å². The van der Waals surface area contributed by atoms with Gasteiger partial charge in [0.15, 0.2) is 0 Å². The Morgan fingerprint density at radius 1 is 1.18 bits per heavy atom. The first-order valence-corrected chi connectivity index (χ1v) is 15.2. The summed E-state index contributed by atoms with van der Waals surface area (Å²) < 4.78 is 5.85. The highest BCUT2D eigenvalue weighted by Crippen LogP contribution is 2.30. The Hall–Kier alpha value is -1.91. The molecule has 0 aliphatic carbocycles. The van der Waals surface area contributed by atoms with Crippen molar-refractivity contribution in [3.63, 3.8) is 0 Å². The molecule has 0 radical (unpaired) electrons. The first-order valence-electron chi connectivity index (χ1n) is 13.5. The van der Waals surface area contributed by atoms with Crippen molar-refractivity contribution < 1.29 is 24.9 Å². The summed E-state index contributed by atoms with van der Waals surface area (Å²) in [6, 6.07) is 13.8. The number of hydrogen-bond donors (Lipinski definition) is 5. The average molecular weight is 575 g/mol. The van der Waals surface area contributed by atoms with Crippen molar-refractivity contribution in [1.82, 2.24) is 10.6 Å². The Kier molecular flexibility index (Phi) is 10.9. The Morgan fingerprint density at radius 2 is 1.95 bits per heavy atom. The fraction of sp³-hybridized carbons (Fsp3) is 0.500. The summed E-state index contributed by atoms with van der Waals surface area (Å²) in [5.74, 6) is -0.248. The van der Waals surface area contributed by atoms with Crippen LogP contribution in [0.2, 0.25) is 0 Å². The van der Waals surface area contributed by atoms with E-state index < -0.39 is 47.3 Å². The summed E-state index contributed by atoms with van der Waals surface area (Å²) in [6.07, 6.45) is 6.42. The van der Waals surface area contributed by atoms with E-state index >= 15 is 0 Å². The number of carbonyl (C=O) groups is 1.